The zero-order valence-corrected chi connectivity index (χ0v) is 45.3. The Morgan fingerprint density at radius 2 is 0.768 bits per heavy atom. The lowest BCUT2D eigenvalue weighted by Gasteiger charge is -2.38. The van der Waals surface area contributed by atoms with Crippen LogP contribution >= 0.6 is 0 Å². The van der Waals surface area contributed by atoms with Crippen molar-refractivity contribution < 1.29 is 47.7 Å². The topological polar surface area (TPSA) is 149 Å². The van der Waals surface area contributed by atoms with Gasteiger partial charge in [0, 0.05) is 49.5 Å². The standard InChI is InChI=1S/C20H33NO4.2C18H31NO3/c1-13(2)18-11-15-5-4-6-17(15)21(18)20(23)16(12-19(22)24-3)14-7-9-25-10-8-14;2*1-11(2)14(10-17(20)22-5)18(21)19-15-8-6-7-13(15)9-16(19)12(3)4/h13-18H,4-12H2,1-3H3;2*11-16H,6-10H2,1-5H3/t15?,16-,17-,18-;2*13?,14-,15-,16-/m000/s1. The smallest absolute Gasteiger partial charge is 0.306 e. The van der Waals surface area contributed by atoms with Crippen LogP contribution in [0.15, 0.2) is 0 Å². The quantitative estimate of drug-likeness (QED) is 0.115. The predicted molar refractivity (Wildman–Crippen MR) is 267 cm³/mol. The number of carbonyl (C=O) groups excluding carboxylic acids is 6. The highest BCUT2D eigenvalue weighted by molar-refractivity contribution is 5.86. The molecule has 3 amide bonds. The van der Waals surface area contributed by atoms with Gasteiger partial charge in [0.05, 0.1) is 58.3 Å². The normalized spacial score (nSPS) is 29.8. The number of nitrogens with zero attached hydrogens (tertiary/aromatic N) is 3. The Balaban J connectivity index is 0.000000194. The van der Waals surface area contributed by atoms with Crippen LogP contribution in [-0.4, -0.2) is 121 Å². The molecule has 0 spiro atoms. The molecule has 7 aliphatic rings. The molecule has 3 unspecified atom stereocenters. The van der Waals surface area contributed by atoms with Crippen molar-refractivity contribution in [2.24, 2.45) is 71.0 Å². The molecule has 7 fully saturated rings. The first kappa shape index (κ1) is 56.7. The number of likely N-dealkylation sites (tertiary alicyclic amines) is 3. The summed E-state index contributed by atoms with van der Waals surface area (Å²) in [7, 11) is 4.20. The van der Waals surface area contributed by atoms with Crippen LogP contribution in [-0.2, 0) is 47.7 Å². The minimum atomic E-state index is -0.282. The van der Waals surface area contributed by atoms with Crippen LogP contribution in [0.2, 0.25) is 0 Å². The molecule has 3 saturated carbocycles. The lowest BCUT2D eigenvalue weighted by molar-refractivity contribution is -0.151. The molecule has 0 aromatic carbocycles. The number of hydrogen-bond donors (Lipinski definition) is 0. The Bertz CT molecular complexity index is 1630. The van der Waals surface area contributed by atoms with Crippen molar-refractivity contribution in [1.82, 2.24) is 14.7 Å². The second kappa shape index (κ2) is 25.9. The number of amides is 3. The van der Waals surface area contributed by atoms with Crippen LogP contribution < -0.4 is 0 Å². The average Bonchev–Trinajstić information content (AvgIpc) is 4.18. The van der Waals surface area contributed by atoms with E-state index in [1.165, 1.54) is 59.9 Å². The molecule has 4 heterocycles. The summed E-state index contributed by atoms with van der Waals surface area (Å²) in [6, 6.07) is 2.18. The minimum absolute atomic E-state index is 0.153. The first-order valence-electron chi connectivity index (χ1n) is 27.5. The lowest BCUT2D eigenvalue weighted by atomic mass is 9.82. The third-order valence-corrected chi connectivity index (χ3v) is 17.9. The fourth-order valence-electron chi connectivity index (χ4n) is 13.9. The molecule has 0 bridgehead atoms. The molecule has 4 saturated heterocycles. The van der Waals surface area contributed by atoms with Gasteiger partial charge in [0.25, 0.3) is 0 Å². The third kappa shape index (κ3) is 13.6. The summed E-state index contributed by atoms with van der Waals surface area (Å²) in [5.74, 6) is 2.89. The van der Waals surface area contributed by atoms with E-state index in [0.29, 0.717) is 85.0 Å². The van der Waals surface area contributed by atoms with E-state index in [-0.39, 0.29) is 90.4 Å². The lowest BCUT2D eigenvalue weighted by Crippen LogP contribution is -2.49. The molecule has 13 heteroatoms. The highest BCUT2D eigenvalue weighted by Gasteiger charge is 2.51. The Labute approximate surface area is 416 Å². The molecule has 7 rings (SSSR count). The van der Waals surface area contributed by atoms with Crippen molar-refractivity contribution in [1.29, 1.82) is 0 Å². The number of carbonyl (C=O) groups is 6. The monoisotopic (exact) mass is 970 g/mol. The van der Waals surface area contributed by atoms with Gasteiger partial charge in [0.1, 0.15) is 0 Å². The van der Waals surface area contributed by atoms with Crippen LogP contribution in [0.4, 0.5) is 0 Å². The van der Waals surface area contributed by atoms with Crippen molar-refractivity contribution in [3.63, 3.8) is 0 Å². The minimum Gasteiger partial charge on any atom is -0.469 e. The molecule has 12 atom stereocenters. The Morgan fingerprint density at radius 1 is 0.449 bits per heavy atom. The van der Waals surface area contributed by atoms with E-state index < -0.39 is 0 Å². The summed E-state index contributed by atoms with van der Waals surface area (Å²) in [6.45, 7) is 22.7. The van der Waals surface area contributed by atoms with Crippen molar-refractivity contribution in [2.75, 3.05) is 34.5 Å². The molecular weight excluding hydrogens is 875 g/mol. The maximum Gasteiger partial charge on any atom is 0.306 e. The largest absolute Gasteiger partial charge is 0.469 e. The maximum atomic E-state index is 13.6. The van der Waals surface area contributed by atoms with Gasteiger partial charge in [0.15, 0.2) is 0 Å². The van der Waals surface area contributed by atoms with Gasteiger partial charge in [-0.25, -0.2) is 0 Å². The summed E-state index contributed by atoms with van der Waals surface area (Å²) in [5.41, 5.74) is 0. The summed E-state index contributed by atoms with van der Waals surface area (Å²) in [5, 5.41) is 0. The fourth-order valence-corrected chi connectivity index (χ4v) is 13.9. The molecule has 4 aliphatic heterocycles. The van der Waals surface area contributed by atoms with E-state index in [9.17, 15) is 28.8 Å². The van der Waals surface area contributed by atoms with Gasteiger partial charge in [-0.05, 0) is 124 Å². The molecule has 0 radical (unpaired) electrons. The second-order valence-electron chi connectivity index (χ2n) is 23.8. The zero-order valence-electron chi connectivity index (χ0n) is 45.3. The number of esters is 3. The molecule has 69 heavy (non-hydrogen) atoms. The van der Waals surface area contributed by atoms with Crippen LogP contribution in [0, 0.1) is 71.0 Å². The van der Waals surface area contributed by atoms with Gasteiger partial charge in [-0.3, -0.25) is 28.8 Å². The SMILES string of the molecule is COC(=O)C[C@H](C(=O)N1[C@H](C(C)C)CC2CCC[C@@H]21)C(C)C.COC(=O)C[C@H](C(=O)N1[C@H](C(C)C)CC2CCC[C@@H]21)C(C)C.COC(=O)C[C@H](C(=O)N1[C@H](C(C)C)CC2CCC[C@@H]21)C1CCOCC1. The van der Waals surface area contributed by atoms with Crippen LogP contribution in [0.3, 0.4) is 0 Å². The summed E-state index contributed by atoms with van der Waals surface area (Å²) in [6.07, 6.45) is 16.5. The van der Waals surface area contributed by atoms with Crippen molar-refractivity contribution in [2.45, 2.75) is 215 Å². The van der Waals surface area contributed by atoms with E-state index in [1.807, 2.05) is 27.7 Å². The predicted octanol–water partition coefficient (Wildman–Crippen LogP) is 9.51. The molecular formula is C56H95N3O10. The van der Waals surface area contributed by atoms with Crippen LogP contribution in [0.25, 0.3) is 0 Å². The third-order valence-electron chi connectivity index (χ3n) is 17.9. The molecule has 0 aromatic rings. The van der Waals surface area contributed by atoms with Crippen LogP contribution in [0.1, 0.15) is 178 Å². The van der Waals surface area contributed by atoms with Gasteiger partial charge in [-0.15, -0.1) is 0 Å². The Kier molecular flexibility index (Phi) is 21.3. The number of methoxy groups -OCH3 is 3. The molecule has 394 valence electrons. The molecule has 13 nitrogen and oxygen atoms in total. The Hall–Kier alpha value is -3.22. The highest BCUT2D eigenvalue weighted by Crippen LogP contribution is 2.47. The van der Waals surface area contributed by atoms with Gasteiger partial charge in [-0.1, -0.05) is 88.5 Å². The zero-order chi connectivity index (χ0) is 50.9. The van der Waals surface area contributed by atoms with E-state index in [2.05, 4.69) is 56.2 Å². The van der Waals surface area contributed by atoms with Gasteiger partial charge in [-0.2, -0.15) is 0 Å². The number of fused-ring (bicyclic) bond motifs is 3. The molecule has 0 N–H and O–H groups in total. The highest BCUT2D eigenvalue weighted by atomic mass is 16.5. The van der Waals surface area contributed by atoms with Crippen molar-refractivity contribution in [3.05, 3.63) is 0 Å². The second-order valence-corrected chi connectivity index (χ2v) is 23.8. The fraction of sp³-hybridized carbons (Fsp3) is 0.893. The number of rotatable bonds is 15. The Morgan fingerprint density at radius 3 is 1.07 bits per heavy atom. The summed E-state index contributed by atoms with van der Waals surface area (Å²) in [4.78, 5) is 82.0. The maximum absolute atomic E-state index is 13.6. The summed E-state index contributed by atoms with van der Waals surface area (Å²) < 4.78 is 20.0. The van der Waals surface area contributed by atoms with E-state index in [1.54, 1.807) is 0 Å². The summed E-state index contributed by atoms with van der Waals surface area (Å²) >= 11 is 0. The van der Waals surface area contributed by atoms with Gasteiger partial charge >= 0.3 is 17.9 Å². The van der Waals surface area contributed by atoms with E-state index >= 15 is 0 Å². The number of ether oxygens (including phenoxy) is 4. The van der Waals surface area contributed by atoms with Crippen molar-refractivity contribution >= 4 is 35.6 Å². The van der Waals surface area contributed by atoms with Crippen LogP contribution in [0.5, 0.6) is 0 Å². The first-order valence-corrected chi connectivity index (χ1v) is 27.5. The average molecular weight is 970 g/mol. The van der Waals surface area contributed by atoms with Gasteiger partial charge in [0.2, 0.25) is 17.7 Å². The van der Waals surface area contributed by atoms with E-state index in [4.69, 9.17) is 18.9 Å². The molecule has 3 aliphatic carbocycles. The first-order chi connectivity index (χ1) is 32.7. The van der Waals surface area contributed by atoms with E-state index in [0.717, 1.165) is 51.4 Å². The van der Waals surface area contributed by atoms with Gasteiger partial charge < -0.3 is 33.6 Å². The molecule has 0 aromatic heterocycles. The number of hydrogen-bond acceptors (Lipinski definition) is 10. The van der Waals surface area contributed by atoms with Crippen molar-refractivity contribution in [3.8, 4) is 0 Å².